The van der Waals surface area contributed by atoms with Crippen molar-refractivity contribution in [1.82, 2.24) is 19.7 Å². The Kier molecular flexibility index (Phi) is 5.73. The zero-order valence-corrected chi connectivity index (χ0v) is 14.1. The van der Waals surface area contributed by atoms with E-state index in [0.717, 1.165) is 11.5 Å². The van der Waals surface area contributed by atoms with Gasteiger partial charge in [-0.2, -0.15) is 16.4 Å². The van der Waals surface area contributed by atoms with Crippen molar-refractivity contribution in [3.8, 4) is 0 Å². The molecule has 0 radical (unpaired) electrons. The maximum absolute atomic E-state index is 12.1. The zero-order valence-electron chi connectivity index (χ0n) is 12.4. The van der Waals surface area contributed by atoms with Gasteiger partial charge in [0.2, 0.25) is 0 Å². The fraction of sp³-hybridized carbons (Fsp3) is 0.750. The predicted octanol–water partition coefficient (Wildman–Crippen LogP) is 2.56. The Balaban J connectivity index is 3.04. The first-order chi connectivity index (χ1) is 8.77. The molecule has 108 valence electrons. The van der Waals surface area contributed by atoms with E-state index in [2.05, 4.69) is 16.3 Å². The van der Waals surface area contributed by atoms with Crippen molar-refractivity contribution in [2.75, 3.05) is 31.9 Å². The van der Waals surface area contributed by atoms with Gasteiger partial charge < -0.3 is 4.90 Å². The second-order valence-electron chi connectivity index (χ2n) is 5.40. The van der Waals surface area contributed by atoms with Gasteiger partial charge in [0.25, 0.3) is 0 Å². The number of hydrogen-bond donors (Lipinski definition) is 0. The average Bonchev–Trinajstić information content (AvgIpc) is 2.72. The molecule has 1 aromatic heterocycles. The lowest BCUT2D eigenvalue weighted by atomic mass is 9.96. The summed E-state index contributed by atoms with van der Waals surface area (Å²) < 4.78 is 1.41. The van der Waals surface area contributed by atoms with Crippen LogP contribution in [0.2, 0.25) is 0 Å². The third-order valence-corrected chi connectivity index (χ3v) is 4.13. The third kappa shape index (κ3) is 4.42. The predicted molar refractivity (Wildman–Crippen MR) is 82.3 cm³/mol. The van der Waals surface area contributed by atoms with Crippen molar-refractivity contribution in [1.29, 1.82) is 0 Å². The topological polar surface area (TPSA) is 51.0 Å². The minimum Gasteiger partial charge on any atom is -0.329 e. The number of hydrogen-bond acceptors (Lipinski definition) is 5. The van der Waals surface area contributed by atoms with Gasteiger partial charge in [-0.05, 0) is 6.26 Å². The van der Waals surface area contributed by atoms with Gasteiger partial charge in [0.15, 0.2) is 11.0 Å². The first-order valence-electron chi connectivity index (χ1n) is 6.08. The Morgan fingerprint density at radius 2 is 1.95 bits per heavy atom. The van der Waals surface area contributed by atoms with Crippen LogP contribution in [-0.2, 0) is 5.41 Å². The number of amides is 1. The standard InChI is InChI=1S/C12H22N4OS2/c1-12(2,3)9-13-10(19-8-7-18-6)16(14-9)11(17)15(4)5/h7-8H2,1-6H3. The molecule has 1 heterocycles. The molecule has 1 rings (SSSR count). The molecule has 1 aromatic rings. The van der Waals surface area contributed by atoms with Gasteiger partial charge in [-0.1, -0.05) is 32.5 Å². The quantitative estimate of drug-likeness (QED) is 0.632. The molecule has 0 saturated heterocycles. The van der Waals surface area contributed by atoms with Crippen LogP contribution in [0.5, 0.6) is 0 Å². The van der Waals surface area contributed by atoms with Crippen LogP contribution in [0.4, 0.5) is 4.79 Å². The van der Waals surface area contributed by atoms with E-state index in [1.807, 2.05) is 20.8 Å². The molecule has 0 N–H and O–H groups in total. The summed E-state index contributed by atoms with van der Waals surface area (Å²) in [6, 6.07) is -0.158. The number of carbonyl (C=O) groups excluding carboxylic acids is 1. The highest BCUT2D eigenvalue weighted by molar-refractivity contribution is 8.02. The number of aromatic nitrogens is 3. The van der Waals surface area contributed by atoms with Crippen molar-refractivity contribution in [3.63, 3.8) is 0 Å². The van der Waals surface area contributed by atoms with Crippen LogP contribution in [0.15, 0.2) is 5.16 Å². The van der Waals surface area contributed by atoms with Crippen LogP contribution < -0.4 is 0 Å². The summed E-state index contributed by atoms with van der Waals surface area (Å²) in [6.07, 6.45) is 2.07. The van der Waals surface area contributed by atoms with Gasteiger partial charge in [-0.15, -0.1) is 5.10 Å². The minimum absolute atomic E-state index is 0.158. The lowest BCUT2D eigenvalue weighted by molar-refractivity contribution is 0.213. The number of nitrogens with zero attached hydrogens (tertiary/aromatic N) is 4. The van der Waals surface area contributed by atoms with E-state index in [9.17, 15) is 4.79 Å². The largest absolute Gasteiger partial charge is 0.346 e. The van der Waals surface area contributed by atoms with E-state index in [1.165, 1.54) is 9.58 Å². The monoisotopic (exact) mass is 302 g/mol. The van der Waals surface area contributed by atoms with Crippen molar-refractivity contribution in [2.24, 2.45) is 0 Å². The average molecular weight is 302 g/mol. The first-order valence-corrected chi connectivity index (χ1v) is 8.46. The maximum atomic E-state index is 12.1. The summed E-state index contributed by atoms with van der Waals surface area (Å²) in [5.41, 5.74) is -0.160. The smallest absolute Gasteiger partial charge is 0.329 e. The summed E-state index contributed by atoms with van der Waals surface area (Å²) in [6.45, 7) is 6.13. The fourth-order valence-corrected chi connectivity index (χ4v) is 2.81. The summed E-state index contributed by atoms with van der Waals surface area (Å²) >= 11 is 3.36. The highest BCUT2D eigenvalue weighted by atomic mass is 32.2. The van der Waals surface area contributed by atoms with Crippen molar-refractivity contribution in [2.45, 2.75) is 31.3 Å². The molecular weight excluding hydrogens is 280 g/mol. The number of rotatable bonds is 4. The highest BCUT2D eigenvalue weighted by Gasteiger charge is 2.25. The summed E-state index contributed by atoms with van der Waals surface area (Å²) in [5.74, 6) is 2.65. The summed E-state index contributed by atoms with van der Waals surface area (Å²) in [7, 11) is 3.44. The van der Waals surface area contributed by atoms with E-state index in [-0.39, 0.29) is 11.4 Å². The molecule has 0 fully saturated rings. The van der Waals surface area contributed by atoms with Crippen LogP contribution in [0.3, 0.4) is 0 Å². The molecular formula is C12H22N4OS2. The van der Waals surface area contributed by atoms with Gasteiger partial charge in [0, 0.05) is 31.0 Å². The van der Waals surface area contributed by atoms with Gasteiger partial charge in [0.1, 0.15) is 0 Å². The van der Waals surface area contributed by atoms with Crippen LogP contribution in [-0.4, -0.2) is 57.6 Å². The Bertz CT molecular complexity index is 437. The molecule has 0 aromatic carbocycles. The van der Waals surface area contributed by atoms with Crippen LogP contribution in [0.25, 0.3) is 0 Å². The molecule has 0 spiro atoms. The van der Waals surface area contributed by atoms with Crippen LogP contribution >= 0.6 is 23.5 Å². The number of thioether (sulfide) groups is 2. The van der Waals surface area contributed by atoms with Gasteiger partial charge in [-0.3, -0.25) is 0 Å². The highest BCUT2D eigenvalue weighted by Crippen LogP contribution is 2.23. The maximum Gasteiger partial charge on any atom is 0.346 e. The third-order valence-electron chi connectivity index (χ3n) is 2.33. The lowest BCUT2D eigenvalue weighted by Crippen LogP contribution is -2.29. The first kappa shape index (κ1) is 16.4. The van der Waals surface area contributed by atoms with Gasteiger partial charge in [-0.25, -0.2) is 9.78 Å². The molecule has 0 bridgehead atoms. The van der Waals surface area contributed by atoms with E-state index in [0.29, 0.717) is 11.0 Å². The Morgan fingerprint density at radius 1 is 1.32 bits per heavy atom. The molecule has 1 amide bonds. The normalized spacial score (nSPS) is 11.7. The second-order valence-corrected chi connectivity index (χ2v) is 7.45. The number of carbonyl (C=O) groups is 1. The second kappa shape index (κ2) is 6.65. The van der Waals surface area contributed by atoms with Crippen LogP contribution in [0, 0.1) is 0 Å². The lowest BCUT2D eigenvalue weighted by Gasteiger charge is -2.13. The Morgan fingerprint density at radius 3 is 2.42 bits per heavy atom. The molecule has 7 heteroatoms. The molecule has 19 heavy (non-hydrogen) atoms. The zero-order chi connectivity index (χ0) is 14.6. The van der Waals surface area contributed by atoms with Crippen molar-refractivity contribution in [3.05, 3.63) is 5.82 Å². The van der Waals surface area contributed by atoms with Crippen molar-refractivity contribution < 1.29 is 4.79 Å². The van der Waals surface area contributed by atoms with Crippen LogP contribution in [0.1, 0.15) is 26.6 Å². The van der Waals surface area contributed by atoms with Crippen molar-refractivity contribution >= 4 is 29.6 Å². The minimum atomic E-state index is -0.160. The molecule has 0 atom stereocenters. The van der Waals surface area contributed by atoms with E-state index >= 15 is 0 Å². The molecule has 0 unspecified atom stereocenters. The van der Waals surface area contributed by atoms with Gasteiger partial charge >= 0.3 is 6.03 Å². The Hall–Kier alpha value is -0.690. The molecule has 5 nitrogen and oxygen atoms in total. The van der Waals surface area contributed by atoms with E-state index in [1.54, 1.807) is 37.6 Å². The molecule has 0 saturated carbocycles. The molecule has 0 aliphatic rings. The Labute approximate surface area is 123 Å². The van der Waals surface area contributed by atoms with E-state index in [4.69, 9.17) is 0 Å². The van der Waals surface area contributed by atoms with E-state index < -0.39 is 0 Å². The molecule has 0 aliphatic heterocycles. The SMILES string of the molecule is CSCCSc1nc(C(C)(C)C)nn1C(=O)N(C)C. The van der Waals surface area contributed by atoms with Gasteiger partial charge in [0.05, 0.1) is 0 Å². The summed E-state index contributed by atoms with van der Waals surface area (Å²) in [5, 5.41) is 5.05. The molecule has 0 aliphatic carbocycles. The summed E-state index contributed by atoms with van der Waals surface area (Å²) in [4.78, 5) is 18.1. The fourth-order valence-electron chi connectivity index (χ4n) is 1.24.